The first-order valence-electron chi connectivity index (χ1n) is 9.19. The molecule has 3 aromatic rings. The second-order valence-electron chi connectivity index (χ2n) is 6.97. The van der Waals surface area contributed by atoms with Crippen molar-refractivity contribution in [1.82, 2.24) is 9.55 Å². The van der Waals surface area contributed by atoms with Crippen LogP contribution in [0.2, 0.25) is 0 Å². The molecule has 31 heavy (non-hydrogen) atoms. The Kier molecular flexibility index (Phi) is 4.14. The number of halogens is 3. The van der Waals surface area contributed by atoms with E-state index in [1.165, 1.54) is 27.9 Å². The van der Waals surface area contributed by atoms with Crippen LogP contribution in [0.15, 0.2) is 48.8 Å². The number of fused-ring (bicyclic) bond motifs is 4. The molecule has 0 saturated carbocycles. The normalized spacial score (nSPS) is 14.7. The lowest BCUT2D eigenvalue weighted by Gasteiger charge is -2.30. The minimum atomic E-state index is -4.48. The fraction of sp³-hybridized carbons (Fsp3) is 0.150. The lowest BCUT2D eigenvalue weighted by molar-refractivity contribution is -0.137. The second kappa shape index (κ2) is 6.76. The number of aromatic nitrogens is 2. The van der Waals surface area contributed by atoms with Crippen LogP contribution in [0.3, 0.4) is 0 Å². The molecule has 2 aliphatic rings. The van der Waals surface area contributed by atoms with Crippen molar-refractivity contribution in [2.24, 2.45) is 0 Å². The van der Waals surface area contributed by atoms with Gasteiger partial charge in [0, 0.05) is 12.4 Å². The van der Waals surface area contributed by atoms with Gasteiger partial charge >= 0.3 is 12.2 Å². The smallest absolute Gasteiger partial charge is 0.416 e. The molecule has 0 saturated heterocycles. The zero-order valence-corrected chi connectivity index (χ0v) is 15.7. The molecule has 3 heterocycles. The van der Waals surface area contributed by atoms with Crippen molar-refractivity contribution in [3.8, 4) is 11.4 Å². The lowest BCUT2D eigenvalue weighted by atomic mass is 10.1. The van der Waals surface area contributed by atoms with Crippen molar-refractivity contribution >= 4 is 29.3 Å². The molecule has 1 aromatic heterocycles. The third kappa shape index (κ3) is 3.23. The summed E-state index contributed by atoms with van der Waals surface area (Å²) in [6, 6.07) is 7.74. The molecule has 2 aliphatic heterocycles. The summed E-state index contributed by atoms with van der Waals surface area (Å²) in [7, 11) is 0. The second-order valence-corrected chi connectivity index (χ2v) is 6.97. The Morgan fingerprint density at radius 3 is 2.87 bits per heavy atom. The Balaban J connectivity index is 1.46. The molecule has 0 spiro atoms. The number of urea groups is 1. The number of ether oxygens (including phenoxy) is 1. The largest absolute Gasteiger partial charge is 0.479 e. The molecular formula is C20H14F3N5O3. The van der Waals surface area contributed by atoms with Crippen molar-refractivity contribution in [1.29, 1.82) is 0 Å². The fourth-order valence-corrected chi connectivity index (χ4v) is 3.58. The summed E-state index contributed by atoms with van der Waals surface area (Å²) < 4.78 is 46.3. The number of imidazole rings is 1. The number of hydrogen-bond donors (Lipinski definition) is 2. The Labute approximate surface area is 173 Å². The minimum absolute atomic E-state index is 0.0307. The molecule has 0 atom stereocenters. The summed E-state index contributed by atoms with van der Waals surface area (Å²) in [5.74, 6) is 0.207. The molecule has 0 radical (unpaired) electrons. The highest BCUT2D eigenvalue weighted by atomic mass is 19.4. The number of benzene rings is 2. The minimum Gasteiger partial charge on any atom is -0.479 e. The first-order valence-corrected chi connectivity index (χ1v) is 9.19. The molecular weight excluding hydrogens is 415 g/mol. The highest BCUT2D eigenvalue weighted by Crippen LogP contribution is 2.38. The predicted octanol–water partition coefficient (Wildman–Crippen LogP) is 3.77. The maximum atomic E-state index is 13.1. The van der Waals surface area contributed by atoms with E-state index in [9.17, 15) is 22.8 Å². The van der Waals surface area contributed by atoms with Crippen molar-refractivity contribution in [2.45, 2.75) is 12.7 Å². The third-order valence-corrected chi connectivity index (χ3v) is 4.99. The van der Waals surface area contributed by atoms with Gasteiger partial charge in [-0.1, -0.05) is 12.1 Å². The van der Waals surface area contributed by atoms with Crippen LogP contribution in [0.4, 0.5) is 35.3 Å². The van der Waals surface area contributed by atoms with Crippen molar-refractivity contribution in [3.63, 3.8) is 0 Å². The Bertz CT molecular complexity index is 1220. The molecule has 8 nitrogen and oxygen atoms in total. The van der Waals surface area contributed by atoms with Gasteiger partial charge < -0.3 is 15.4 Å². The zero-order chi connectivity index (χ0) is 21.8. The predicted molar refractivity (Wildman–Crippen MR) is 104 cm³/mol. The summed E-state index contributed by atoms with van der Waals surface area (Å²) in [5, 5.41) is 5.39. The Morgan fingerprint density at radius 2 is 2.06 bits per heavy atom. The number of hydrogen-bond acceptors (Lipinski definition) is 4. The van der Waals surface area contributed by atoms with Gasteiger partial charge in [-0.2, -0.15) is 13.2 Å². The molecule has 11 heteroatoms. The molecule has 0 unspecified atom stereocenters. The number of amides is 3. The third-order valence-electron chi connectivity index (χ3n) is 4.99. The van der Waals surface area contributed by atoms with E-state index < -0.39 is 17.8 Å². The lowest BCUT2D eigenvalue weighted by Crippen LogP contribution is -2.39. The Hall–Kier alpha value is -4.02. The number of para-hydroxylation sites is 1. The fourth-order valence-electron chi connectivity index (χ4n) is 3.58. The van der Waals surface area contributed by atoms with Crippen LogP contribution in [-0.4, -0.2) is 28.1 Å². The maximum absolute atomic E-state index is 13.1. The van der Waals surface area contributed by atoms with E-state index in [1.807, 2.05) is 0 Å². The molecule has 3 amide bonds. The van der Waals surface area contributed by atoms with Gasteiger partial charge in [0.2, 0.25) is 5.95 Å². The number of carbonyl (C=O) groups excluding carboxylic acids is 2. The first-order chi connectivity index (χ1) is 14.8. The molecule has 5 rings (SSSR count). The monoisotopic (exact) mass is 429 g/mol. The highest BCUT2D eigenvalue weighted by Gasteiger charge is 2.34. The van der Waals surface area contributed by atoms with E-state index in [4.69, 9.17) is 4.74 Å². The van der Waals surface area contributed by atoms with Crippen LogP contribution in [-0.2, 0) is 17.5 Å². The molecule has 2 aromatic carbocycles. The highest BCUT2D eigenvalue weighted by molar-refractivity contribution is 6.04. The summed E-state index contributed by atoms with van der Waals surface area (Å²) in [6.45, 7) is -0.147. The van der Waals surface area contributed by atoms with Crippen LogP contribution in [0.1, 0.15) is 11.1 Å². The van der Waals surface area contributed by atoms with Crippen molar-refractivity contribution in [3.05, 3.63) is 59.9 Å². The summed E-state index contributed by atoms with van der Waals surface area (Å²) in [4.78, 5) is 30.0. The standard InChI is InChI=1S/C20H14F3N5O3/c21-20(22,23)12-5-4-11-9-28(18-24-6-7-27(18)15(11)8-12)19(30)26-14-3-1-2-13-17(14)31-10-16(29)25-13/h1-8H,9-10H2,(H,25,29)(H,26,30). The van der Waals surface area contributed by atoms with E-state index in [0.29, 0.717) is 28.4 Å². The van der Waals surface area contributed by atoms with Crippen molar-refractivity contribution in [2.75, 3.05) is 22.1 Å². The van der Waals surface area contributed by atoms with Gasteiger partial charge in [0.1, 0.15) is 0 Å². The first kappa shape index (κ1) is 19.0. The van der Waals surface area contributed by atoms with Crippen LogP contribution in [0, 0.1) is 0 Å². The molecule has 0 fully saturated rings. The molecule has 2 N–H and O–H groups in total. The van der Waals surface area contributed by atoms with E-state index in [2.05, 4.69) is 15.6 Å². The van der Waals surface area contributed by atoms with Gasteiger partial charge in [-0.15, -0.1) is 0 Å². The average Bonchev–Trinajstić information content (AvgIpc) is 3.22. The van der Waals surface area contributed by atoms with Gasteiger partial charge in [-0.3, -0.25) is 14.3 Å². The van der Waals surface area contributed by atoms with Crippen molar-refractivity contribution < 1.29 is 27.5 Å². The maximum Gasteiger partial charge on any atom is 0.416 e. The molecule has 158 valence electrons. The van der Waals surface area contributed by atoms with Gasteiger partial charge in [-0.05, 0) is 29.8 Å². The quantitative estimate of drug-likeness (QED) is 0.616. The number of alkyl halides is 3. The summed E-state index contributed by atoms with van der Waals surface area (Å²) in [6.07, 6.45) is -1.57. The Morgan fingerprint density at radius 1 is 1.23 bits per heavy atom. The van der Waals surface area contributed by atoms with E-state index in [0.717, 1.165) is 12.1 Å². The SMILES string of the molecule is O=C1COc2c(cccc2NC(=O)N2Cc3ccc(C(F)(F)F)cc3-n3ccnc32)N1. The number of nitrogens with one attached hydrogen (secondary N) is 2. The van der Waals surface area contributed by atoms with Crippen LogP contribution < -0.4 is 20.3 Å². The number of anilines is 3. The van der Waals surface area contributed by atoms with Gasteiger partial charge in [0.15, 0.2) is 12.4 Å². The van der Waals surface area contributed by atoms with E-state index >= 15 is 0 Å². The van der Waals surface area contributed by atoms with E-state index in [-0.39, 0.29) is 25.0 Å². The van der Waals surface area contributed by atoms with Crippen LogP contribution in [0.5, 0.6) is 5.75 Å². The van der Waals surface area contributed by atoms with Gasteiger partial charge in [0.25, 0.3) is 5.91 Å². The number of nitrogens with zero attached hydrogens (tertiary/aromatic N) is 3. The average molecular weight is 429 g/mol. The molecule has 0 bridgehead atoms. The van der Waals surface area contributed by atoms with Gasteiger partial charge in [0.05, 0.1) is 29.2 Å². The number of carbonyl (C=O) groups is 2. The summed E-state index contributed by atoms with van der Waals surface area (Å²) >= 11 is 0. The van der Waals surface area contributed by atoms with Gasteiger partial charge in [-0.25, -0.2) is 9.78 Å². The van der Waals surface area contributed by atoms with E-state index in [1.54, 1.807) is 18.2 Å². The van der Waals surface area contributed by atoms with Crippen LogP contribution in [0.25, 0.3) is 5.69 Å². The topological polar surface area (TPSA) is 88.5 Å². The molecule has 0 aliphatic carbocycles. The number of rotatable bonds is 1. The zero-order valence-electron chi connectivity index (χ0n) is 15.7. The van der Waals surface area contributed by atoms with Crippen LogP contribution >= 0.6 is 0 Å². The summed E-state index contributed by atoms with van der Waals surface area (Å²) in [5.41, 5.74) is 0.846.